The van der Waals surface area contributed by atoms with Gasteiger partial charge in [0.1, 0.15) is 5.75 Å². The topological polar surface area (TPSA) is 29.5 Å². The van der Waals surface area contributed by atoms with E-state index in [1.54, 1.807) is 0 Å². The Kier molecular flexibility index (Phi) is 4.57. The third-order valence-electron chi connectivity index (χ3n) is 1.69. The van der Waals surface area contributed by atoms with Gasteiger partial charge in [0.25, 0.3) is 0 Å². The molecule has 15 heavy (non-hydrogen) atoms. The molecular weight excluding hydrogens is 249 g/mol. The van der Waals surface area contributed by atoms with Crippen LogP contribution in [0.5, 0.6) is 5.75 Å². The van der Waals surface area contributed by atoms with Gasteiger partial charge < -0.3 is 9.84 Å². The average molecular weight is 257 g/mol. The van der Waals surface area contributed by atoms with Crippen LogP contribution in [0.2, 0.25) is 5.02 Å². The van der Waals surface area contributed by atoms with Crippen LogP contribution in [0.15, 0.2) is 18.2 Å². The van der Waals surface area contributed by atoms with Crippen molar-refractivity contribution in [3.8, 4) is 5.75 Å². The van der Waals surface area contributed by atoms with Crippen molar-refractivity contribution in [2.45, 2.75) is 12.7 Å². The van der Waals surface area contributed by atoms with Crippen molar-refractivity contribution in [1.29, 1.82) is 0 Å². The summed E-state index contributed by atoms with van der Waals surface area (Å²) < 4.78 is 28.2. The Labute approximate surface area is 95.4 Å². The minimum absolute atomic E-state index is 0.123. The SMILES string of the molecule is OC(CCl)c1cc(Cl)ccc1OC(F)F. The van der Waals surface area contributed by atoms with Crippen LogP contribution in [-0.2, 0) is 0 Å². The molecule has 0 bridgehead atoms. The maximum Gasteiger partial charge on any atom is 0.387 e. The van der Waals surface area contributed by atoms with Crippen LogP contribution in [0.4, 0.5) is 8.78 Å². The van der Waals surface area contributed by atoms with E-state index < -0.39 is 12.7 Å². The fourth-order valence-electron chi connectivity index (χ4n) is 1.07. The fraction of sp³-hybridized carbons (Fsp3) is 0.333. The Bertz CT molecular complexity index is 334. The highest BCUT2D eigenvalue weighted by molar-refractivity contribution is 6.30. The number of benzene rings is 1. The Morgan fingerprint density at radius 3 is 2.60 bits per heavy atom. The molecule has 0 radical (unpaired) electrons. The Morgan fingerprint density at radius 2 is 2.07 bits per heavy atom. The molecule has 0 saturated carbocycles. The van der Waals surface area contributed by atoms with Gasteiger partial charge in [-0.2, -0.15) is 8.78 Å². The van der Waals surface area contributed by atoms with Crippen LogP contribution in [0.1, 0.15) is 11.7 Å². The molecule has 0 aliphatic rings. The second kappa shape index (κ2) is 5.49. The summed E-state index contributed by atoms with van der Waals surface area (Å²) in [5.74, 6) is -0.248. The summed E-state index contributed by atoms with van der Waals surface area (Å²) in [5.41, 5.74) is 0.151. The molecule has 1 N–H and O–H groups in total. The molecule has 1 aromatic rings. The van der Waals surface area contributed by atoms with Gasteiger partial charge in [0.15, 0.2) is 0 Å². The van der Waals surface area contributed by atoms with Crippen molar-refractivity contribution in [3.05, 3.63) is 28.8 Å². The van der Waals surface area contributed by atoms with Crippen LogP contribution in [0.25, 0.3) is 0 Å². The third-order valence-corrected chi connectivity index (χ3v) is 2.22. The third kappa shape index (κ3) is 3.48. The predicted molar refractivity (Wildman–Crippen MR) is 53.8 cm³/mol. The number of hydrogen-bond acceptors (Lipinski definition) is 2. The lowest BCUT2D eigenvalue weighted by Gasteiger charge is -2.14. The van der Waals surface area contributed by atoms with Crippen molar-refractivity contribution < 1.29 is 18.6 Å². The van der Waals surface area contributed by atoms with E-state index in [0.717, 1.165) is 0 Å². The van der Waals surface area contributed by atoms with Gasteiger partial charge in [0.05, 0.1) is 12.0 Å². The Hall–Kier alpha value is -0.580. The summed E-state index contributed by atoms with van der Waals surface area (Å²) in [6.07, 6.45) is -1.08. The summed E-state index contributed by atoms with van der Waals surface area (Å²) in [4.78, 5) is 0. The first kappa shape index (κ1) is 12.5. The van der Waals surface area contributed by atoms with Crippen LogP contribution >= 0.6 is 23.2 Å². The van der Waals surface area contributed by atoms with Crippen molar-refractivity contribution in [2.75, 3.05) is 5.88 Å². The number of alkyl halides is 3. The van der Waals surface area contributed by atoms with Gasteiger partial charge in [0, 0.05) is 10.6 Å². The van der Waals surface area contributed by atoms with Gasteiger partial charge in [-0.25, -0.2) is 0 Å². The monoisotopic (exact) mass is 256 g/mol. The van der Waals surface area contributed by atoms with E-state index in [0.29, 0.717) is 5.02 Å². The Morgan fingerprint density at radius 1 is 1.40 bits per heavy atom. The number of aliphatic hydroxyl groups excluding tert-OH is 1. The fourth-order valence-corrected chi connectivity index (χ4v) is 1.41. The predicted octanol–water partition coefficient (Wildman–Crippen LogP) is 3.21. The highest BCUT2D eigenvalue weighted by Crippen LogP contribution is 2.30. The van der Waals surface area contributed by atoms with E-state index in [4.69, 9.17) is 23.2 Å². The second-order valence-electron chi connectivity index (χ2n) is 2.73. The summed E-state index contributed by atoms with van der Waals surface area (Å²) in [7, 11) is 0. The largest absolute Gasteiger partial charge is 0.434 e. The molecule has 1 rings (SSSR count). The lowest BCUT2D eigenvalue weighted by molar-refractivity contribution is -0.0513. The number of hydrogen-bond donors (Lipinski definition) is 1. The van der Waals surface area contributed by atoms with Crippen LogP contribution in [-0.4, -0.2) is 17.6 Å². The molecule has 0 saturated heterocycles. The van der Waals surface area contributed by atoms with Gasteiger partial charge in [-0.1, -0.05) is 11.6 Å². The van der Waals surface area contributed by atoms with E-state index >= 15 is 0 Å². The zero-order chi connectivity index (χ0) is 11.4. The number of halogens is 4. The molecule has 0 amide bonds. The number of aliphatic hydroxyl groups is 1. The lowest BCUT2D eigenvalue weighted by Crippen LogP contribution is -2.07. The first-order chi connectivity index (χ1) is 7.04. The zero-order valence-corrected chi connectivity index (χ0v) is 8.97. The molecule has 0 aliphatic heterocycles. The second-order valence-corrected chi connectivity index (χ2v) is 3.48. The molecule has 0 heterocycles. The quantitative estimate of drug-likeness (QED) is 0.839. The van der Waals surface area contributed by atoms with E-state index in [9.17, 15) is 13.9 Å². The van der Waals surface area contributed by atoms with E-state index in [1.165, 1.54) is 18.2 Å². The van der Waals surface area contributed by atoms with Gasteiger partial charge >= 0.3 is 6.61 Å². The minimum atomic E-state index is -2.95. The molecule has 0 aliphatic carbocycles. The van der Waals surface area contributed by atoms with Gasteiger partial charge in [-0.05, 0) is 18.2 Å². The first-order valence-corrected chi connectivity index (χ1v) is 4.94. The molecule has 6 heteroatoms. The summed E-state index contributed by atoms with van der Waals surface area (Å²) in [5, 5.41) is 9.75. The zero-order valence-electron chi connectivity index (χ0n) is 7.46. The van der Waals surface area contributed by atoms with E-state index in [1.807, 2.05) is 0 Å². The van der Waals surface area contributed by atoms with Crippen LogP contribution in [0.3, 0.4) is 0 Å². The highest BCUT2D eigenvalue weighted by atomic mass is 35.5. The number of ether oxygens (including phenoxy) is 1. The molecule has 2 nitrogen and oxygen atoms in total. The van der Waals surface area contributed by atoms with Crippen molar-refractivity contribution in [2.24, 2.45) is 0 Å². The molecule has 0 spiro atoms. The maximum absolute atomic E-state index is 12.0. The summed E-state index contributed by atoms with van der Waals surface area (Å²) >= 11 is 11.1. The standard InChI is InChI=1S/C9H8Cl2F2O2/c10-4-7(14)6-3-5(11)1-2-8(6)15-9(12)13/h1-3,7,9,14H,4H2. The molecule has 1 aromatic carbocycles. The molecule has 84 valence electrons. The van der Waals surface area contributed by atoms with Crippen molar-refractivity contribution in [1.82, 2.24) is 0 Å². The molecule has 0 aromatic heterocycles. The number of rotatable bonds is 4. The average Bonchev–Trinajstić information content (AvgIpc) is 2.19. The lowest BCUT2D eigenvalue weighted by atomic mass is 10.1. The molecule has 1 atom stereocenters. The van der Waals surface area contributed by atoms with Crippen LogP contribution in [0, 0.1) is 0 Å². The molecule has 0 fully saturated rings. The first-order valence-electron chi connectivity index (χ1n) is 4.03. The van der Waals surface area contributed by atoms with E-state index in [-0.39, 0.29) is 17.2 Å². The van der Waals surface area contributed by atoms with Crippen LogP contribution < -0.4 is 4.74 Å². The van der Waals surface area contributed by atoms with Gasteiger partial charge in [0.2, 0.25) is 0 Å². The summed E-state index contributed by atoms with van der Waals surface area (Å²) in [6.45, 7) is -2.95. The van der Waals surface area contributed by atoms with Gasteiger partial charge in [-0.3, -0.25) is 0 Å². The Balaban J connectivity index is 3.02. The smallest absolute Gasteiger partial charge is 0.387 e. The van der Waals surface area contributed by atoms with Crippen molar-refractivity contribution in [3.63, 3.8) is 0 Å². The highest BCUT2D eigenvalue weighted by Gasteiger charge is 2.16. The molecule has 1 unspecified atom stereocenters. The molecular formula is C9H8Cl2F2O2. The summed E-state index contributed by atoms with van der Waals surface area (Å²) in [6, 6.07) is 4.00. The minimum Gasteiger partial charge on any atom is -0.434 e. The normalized spacial score (nSPS) is 12.9. The van der Waals surface area contributed by atoms with E-state index in [2.05, 4.69) is 4.74 Å². The van der Waals surface area contributed by atoms with Crippen molar-refractivity contribution >= 4 is 23.2 Å². The maximum atomic E-state index is 12.0. The van der Waals surface area contributed by atoms with Gasteiger partial charge in [-0.15, -0.1) is 11.6 Å².